The molecule has 0 amide bonds. The molecule has 1 rings (SSSR count). The topological polar surface area (TPSA) is 36.0 Å². The lowest BCUT2D eigenvalue weighted by Crippen LogP contribution is -2.17. The second kappa shape index (κ2) is 2.38. The molecule has 2 N–H and O–H groups in total. The Morgan fingerprint density at radius 3 is 2.70 bits per heavy atom. The first-order valence-electron chi connectivity index (χ1n) is 2.79. The summed E-state index contributed by atoms with van der Waals surface area (Å²) in [6.45, 7) is -1.15. The van der Waals surface area contributed by atoms with Crippen molar-refractivity contribution in [2.75, 3.05) is 6.61 Å². The normalized spacial score (nSPS) is 11.9. The summed E-state index contributed by atoms with van der Waals surface area (Å²) in [7, 11) is 0. The zero-order valence-electron chi connectivity index (χ0n) is 5.14. The molecule has 0 fully saturated rings. The smallest absolute Gasteiger partial charge is 0.297 e. The van der Waals surface area contributed by atoms with Crippen molar-refractivity contribution in [3.05, 3.63) is 24.0 Å². The minimum absolute atomic E-state index is 0.185. The predicted molar refractivity (Wildman–Crippen MR) is 31.8 cm³/mol. The van der Waals surface area contributed by atoms with Gasteiger partial charge >= 0.3 is 0 Å². The van der Waals surface area contributed by atoms with E-state index < -0.39 is 12.5 Å². The number of alkyl halides is 2. The van der Waals surface area contributed by atoms with Gasteiger partial charge in [0.05, 0.1) is 0 Å². The molecule has 0 aliphatic heterocycles. The van der Waals surface area contributed by atoms with Crippen LogP contribution in [0.2, 0.25) is 0 Å². The number of hydrogen-bond donors (Lipinski definition) is 2. The molecule has 10 heavy (non-hydrogen) atoms. The van der Waals surface area contributed by atoms with E-state index in [0.717, 1.165) is 6.20 Å². The Bertz CT molecular complexity index is 196. The Labute approximate surface area is 56.5 Å². The molecule has 1 aromatic rings. The summed E-state index contributed by atoms with van der Waals surface area (Å²) in [4.78, 5) is 2.48. The third kappa shape index (κ3) is 1.16. The van der Waals surface area contributed by atoms with Crippen molar-refractivity contribution in [3.8, 4) is 0 Å². The molecule has 1 aromatic heterocycles. The third-order valence-electron chi connectivity index (χ3n) is 1.22. The highest BCUT2D eigenvalue weighted by molar-refractivity contribution is 5.14. The van der Waals surface area contributed by atoms with Gasteiger partial charge in [0.25, 0.3) is 5.92 Å². The first kappa shape index (κ1) is 7.21. The van der Waals surface area contributed by atoms with Crippen molar-refractivity contribution in [3.63, 3.8) is 0 Å². The van der Waals surface area contributed by atoms with Crippen LogP contribution < -0.4 is 0 Å². The van der Waals surface area contributed by atoms with Gasteiger partial charge in [-0.1, -0.05) is 0 Å². The van der Waals surface area contributed by atoms with Gasteiger partial charge in [-0.15, -0.1) is 0 Å². The average Bonchev–Trinajstić information content (AvgIpc) is 2.38. The van der Waals surface area contributed by atoms with Gasteiger partial charge in [-0.3, -0.25) is 0 Å². The molecule has 2 nitrogen and oxygen atoms in total. The number of aromatic nitrogens is 1. The van der Waals surface area contributed by atoms with Crippen LogP contribution >= 0.6 is 0 Å². The quantitative estimate of drug-likeness (QED) is 0.645. The van der Waals surface area contributed by atoms with E-state index in [4.69, 9.17) is 5.11 Å². The zero-order valence-corrected chi connectivity index (χ0v) is 5.14. The van der Waals surface area contributed by atoms with Crippen LogP contribution in [-0.2, 0) is 5.92 Å². The highest BCUT2D eigenvalue weighted by Gasteiger charge is 2.30. The fraction of sp³-hybridized carbons (Fsp3) is 0.333. The van der Waals surface area contributed by atoms with E-state index in [-0.39, 0.29) is 5.56 Å². The second-order valence-corrected chi connectivity index (χ2v) is 1.96. The molecule has 1 heterocycles. The summed E-state index contributed by atoms with van der Waals surface area (Å²) >= 11 is 0. The van der Waals surface area contributed by atoms with Crippen molar-refractivity contribution in [2.45, 2.75) is 5.92 Å². The van der Waals surface area contributed by atoms with Crippen LogP contribution in [0.3, 0.4) is 0 Å². The SMILES string of the molecule is OCC(F)(F)c1cc[nH]c1. The minimum atomic E-state index is -3.11. The Morgan fingerprint density at radius 2 is 2.30 bits per heavy atom. The number of rotatable bonds is 2. The Kier molecular flexibility index (Phi) is 1.72. The van der Waals surface area contributed by atoms with Crippen LogP contribution in [0.25, 0.3) is 0 Å². The van der Waals surface area contributed by atoms with Gasteiger partial charge in [-0.05, 0) is 6.07 Å². The van der Waals surface area contributed by atoms with Crippen LogP contribution in [0.15, 0.2) is 18.5 Å². The second-order valence-electron chi connectivity index (χ2n) is 1.96. The molecular weight excluding hydrogens is 140 g/mol. The van der Waals surface area contributed by atoms with Gasteiger partial charge < -0.3 is 10.1 Å². The summed E-state index contributed by atoms with van der Waals surface area (Å²) in [5.74, 6) is -3.11. The molecule has 0 bridgehead atoms. The van der Waals surface area contributed by atoms with Gasteiger partial charge in [-0.2, -0.15) is 8.78 Å². The fourth-order valence-electron chi connectivity index (χ4n) is 0.643. The maximum absolute atomic E-state index is 12.4. The Balaban J connectivity index is 2.85. The molecule has 0 spiro atoms. The summed E-state index contributed by atoms with van der Waals surface area (Å²) in [5.41, 5.74) is -0.185. The van der Waals surface area contributed by atoms with Crippen LogP contribution in [0.4, 0.5) is 8.78 Å². The van der Waals surface area contributed by atoms with E-state index >= 15 is 0 Å². The number of aliphatic hydroxyl groups excluding tert-OH is 1. The lowest BCUT2D eigenvalue weighted by Gasteiger charge is -2.09. The minimum Gasteiger partial charge on any atom is -0.390 e. The number of nitrogens with one attached hydrogen (secondary N) is 1. The molecule has 0 unspecified atom stereocenters. The summed E-state index contributed by atoms with van der Waals surface area (Å²) in [6.07, 6.45) is 2.55. The lowest BCUT2D eigenvalue weighted by molar-refractivity contribution is -0.0555. The van der Waals surface area contributed by atoms with E-state index in [1.54, 1.807) is 0 Å². The molecule has 4 heteroatoms. The van der Waals surface area contributed by atoms with Crippen molar-refractivity contribution >= 4 is 0 Å². The van der Waals surface area contributed by atoms with E-state index in [1.807, 2.05) is 0 Å². The third-order valence-corrected chi connectivity index (χ3v) is 1.22. The molecule has 0 saturated heterocycles. The average molecular weight is 147 g/mol. The standard InChI is InChI=1S/C6H7F2NO/c7-6(8,4-10)5-1-2-9-3-5/h1-3,9-10H,4H2. The van der Waals surface area contributed by atoms with Crippen molar-refractivity contribution in [1.29, 1.82) is 0 Å². The van der Waals surface area contributed by atoms with E-state index in [1.165, 1.54) is 12.3 Å². The van der Waals surface area contributed by atoms with Gasteiger partial charge in [0.2, 0.25) is 0 Å². The highest BCUT2D eigenvalue weighted by Crippen LogP contribution is 2.25. The van der Waals surface area contributed by atoms with E-state index in [0.29, 0.717) is 0 Å². The van der Waals surface area contributed by atoms with Crippen molar-refractivity contribution in [1.82, 2.24) is 4.98 Å². The largest absolute Gasteiger partial charge is 0.390 e. The van der Waals surface area contributed by atoms with Crippen LogP contribution in [0, 0.1) is 0 Å². The van der Waals surface area contributed by atoms with Crippen LogP contribution in [-0.4, -0.2) is 16.7 Å². The number of aliphatic hydroxyl groups is 1. The maximum Gasteiger partial charge on any atom is 0.297 e. The van der Waals surface area contributed by atoms with Crippen LogP contribution in [0.1, 0.15) is 5.56 Å². The fourth-order valence-corrected chi connectivity index (χ4v) is 0.643. The van der Waals surface area contributed by atoms with E-state index in [9.17, 15) is 8.78 Å². The molecule has 0 radical (unpaired) electrons. The molecule has 0 aliphatic carbocycles. The van der Waals surface area contributed by atoms with Gasteiger partial charge in [0.15, 0.2) is 0 Å². The molecular formula is C6H7F2NO. The van der Waals surface area contributed by atoms with Gasteiger partial charge in [-0.25, -0.2) is 0 Å². The monoisotopic (exact) mass is 147 g/mol. The first-order chi connectivity index (χ1) is 4.67. The van der Waals surface area contributed by atoms with Crippen molar-refractivity contribution < 1.29 is 13.9 Å². The molecule has 56 valence electrons. The number of aromatic amines is 1. The number of hydrogen-bond acceptors (Lipinski definition) is 1. The Hall–Kier alpha value is -0.900. The summed E-state index contributed by atoms with van der Waals surface area (Å²) in [5, 5.41) is 8.20. The maximum atomic E-state index is 12.4. The Morgan fingerprint density at radius 1 is 1.60 bits per heavy atom. The predicted octanol–water partition coefficient (Wildman–Crippen LogP) is 1.10. The first-order valence-corrected chi connectivity index (χ1v) is 2.79. The van der Waals surface area contributed by atoms with Gasteiger partial charge in [0.1, 0.15) is 6.61 Å². The molecule has 0 aliphatic rings. The molecule has 0 saturated carbocycles. The van der Waals surface area contributed by atoms with Crippen LogP contribution in [0.5, 0.6) is 0 Å². The zero-order chi connectivity index (χ0) is 7.61. The summed E-state index contributed by atoms with van der Waals surface area (Å²) in [6, 6.07) is 1.23. The van der Waals surface area contributed by atoms with Gasteiger partial charge in [0, 0.05) is 18.0 Å². The number of halogens is 2. The number of H-pyrrole nitrogens is 1. The lowest BCUT2D eigenvalue weighted by atomic mass is 10.2. The van der Waals surface area contributed by atoms with E-state index in [2.05, 4.69) is 4.98 Å². The van der Waals surface area contributed by atoms with Crippen molar-refractivity contribution in [2.24, 2.45) is 0 Å². The molecule has 0 aromatic carbocycles. The highest BCUT2D eigenvalue weighted by atomic mass is 19.3. The summed E-state index contributed by atoms with van der Waals surface area (Å²) < 4.78 is 24.9. The molecule has 0 atom stereocenters.